The monoisotopic (exact) mass is 202 g/mol. The zero-order valence-electron chi connectivity index (χ0n) is 8.67. The van der Waals surface area contributed by atoms with Crippen molar-refractivity contribution in [3.63, 3.8) is 0 Å². The van der Waals surface area contributed by atoms with Crippen LogP contribution in [0.25, 0.3) is 0 Å². The first kappa shape index (κ1) is 12.9. The normalized spacial score (nSPS) is 12.1. The first-order valence-electron chi connectivity index (χ1n) is 4.78. The van der Waals surface area contributed by atoms with E-state index in [-0.39, 0.29) is 5.91 Å². The maximum atomic E-state index is 11.2. The first-order valence-corrected chi connectivity index (χ1v) is 4.78. The molecule has 0 fully saturated rings. The smallest absolute Gasteiger partial charge is 0.326 e. The van der Waals surface area contributed by atoms with Crippen LogP contribution in [-0.4, -0.2) is 36.6 Å². The predicted octanol–water partition coefficient (Wildman–Crippen LogP) is -0.0346. The van der Waals surface area contributed by atoms with Crippen LogP contribution in [0.15, 0.2) is 0 Å². The van der Waals surface area contributed by atoms with E-state index in [0.717, 1.165) is 6.42 Å². The van der Waals surface area contributed by atoms with Gasteiger partial charge in [-0.25, -0.2) is 4.79 Å². The van der Waals surface area contributed by atoms with Crippen LogP contribution < -0.4 is 10.6 Å². The van der Waals surface area contributed by atoms with Gasteiger partial charge in [0, 0.05) is 13.0 Å². The lowest BCUT2D eigenvalue weighted by Crippen LogP contribution is -2.41. The summed E-state index contributed by atoms with van der Waals surface area (Å²) >= 11 is 0. The van der Waals surface area contributed by atoms with Gasteiger partial charge >= 0.3 is 5.97 Å². The van der Waals surface area contributed by atoms with Crippen LogP contribution in [0.1, 0.15) is 26.2 Å². The maximum absolute atomic E-state index is 11.2. The van der Waals surface area contributed by atoms with Crippen LogP contribution in [0.2, 0.25) is 0 Å². The molecule has 0 radical (unpaired) electrons. The highest BCUT2D eigenvalue weighted by Gasteiger charge is 2.17. The quantitative estimate of drug-likeness (QED) is 0.541. The lowest BCUT2D eigenvalue weighted by Gasteiger charge is -2.13. The van der Waals surface area contributed by atoms with Gasteiger partial charge < -0.3 is 15.7 Å². The Morgan fingerprint density at radius 3 is 2.50 bits per heavy atom. The Hall–Kier alpha value is -1.10. The summed E-state index contributed by atoms with van der Waals surface area (Å²) in [5.74, 6) is -1.19. The summed E-state index contributed by atoms with van der Waals surface area (Å²) in [5, 5.41) is 14.0. The Morgan fingerprint density at radius 2 is 2.07 bits per heavy atom. The van der Waals surface area contributed by atoms with Crippen molar-refractivity contribution in [2.24, 2.45) is 0 Å². The third-order valence-electron chi connectivity index (χ3n) is 1.81. The average molecular weight is 202 g/mol. The average Bonchev–Trinajstić information content (AvgIpc) is 2.14. The molecule has 3 N–H and O–H groups in total. The van der Waals surface area contributed by atoms with Crippen LogP contribution in [0.4, 0.5) is 0 Å². The minimum atomic E-state index is -0.968. The third kappa shape index (κ3) is 5.53. The topological polar surface area (TPSA) is 78.4 Å². The summed E-state index contributed by atoms with van der Waals surface area (Å²) in [7, 11) is 1.74. The molecule has 5 heteroatoms. The standard InChI is InChI=1S/C9H18N2O3/c1-3-4-7(9(13)14)11-8(12)5-6-10-2/h7,10H,3-6H2,1-2H3,(H,11,12)(H,13,14)/t7-/m0/s1. The molecule has 0 saturated heterocycles. The number of amides is 1. The lowest BCUT2D eigenvalue weighted by atomic mass is 10.1. The summed E-state index contributed by atoms with van der Waals surface area (Å²) in [6.45, 7) is 2.44. The second-order valence-corrected chi connectivity index (χ2v) is 3.10. The van der Waals surface area contributed by atoms with Crippen molar-refractivity contribution in [1.82, 2.24) is 10.6 Å². The van der Waals surface area contributed by atoms with E-state index in [2.05, 4.69) is 10.6 Å². The number of hydrogen-bond acceptors (Lipinski definition) is 3. The number of aliphatic carboxylic acids is 1. The number of carbonyl (C=O) groups is 2. The number of carboxylic acid groups (broad SMARTS) is 1. The molecule has 1 atom stereocenters. The van der Waals surface area contributed by atoms with Crippen LogP contribution in [0.5, 0.6) is 0 Å². The third-order valence-corrected chi connectivity index (χ3v) is 1.81. The van der Waals surface area contributed by atoms with Crippen LogP contribution in [0.3, 0.4) is 0 Å². The summed E-state index contributed by atoms with van der Waals surface area (Å²) < 4.78 is 0. The SMILES string of the molecule is CCC[C@H](NC(=O)CCNC)C(=O)O. The van der Waals surface area contributed by atoms with E-state index in [1.54, 1.807) is 7.05 Å². The molecule has 0 aliphatic heterocycles. The summed E-state index contributed by atoms with van der Waals surface area (Å²) in [6.07, 6.45) is 1.52. The van der Waals surface area contributed by atoms with E-state index in [1.807, 2.05) is 6.92 Å². The Kier molecular flexibility index (Phi) is 6.74. The minimum absolute atomic E-state index is 0.222. The number of carboxylic acids is 1. The molecule has 82 valence electrons. The molecule has 14 heavy (non-hydrogen) atoms. The van der Waals surface area contributed by atoms with E-state index in [4.69, 9.17) is 5.11 Å². The molecule has 0 bridgehead atoms. The van der Waals surface area contributed by atoms with Gasteiger partial charge in [-0.2, -0.15) is 0 Å². The van der Waals surface area contributed by atoms with Crippen molar-refractivity contribution < 1.29 is 14.7 Å². The fraction of sp³-hybridized carbons (Fsp3) is 0.778. The summed E-state index contributed by atoms with van der Waals surface area (Å²) in [6, 6.07) is -0.746. The Bertz CT molecular complexity index is 194. The Morgan fingerprint density at radius 1 is 1.43 bits per heavy atom. The molecule has 0 saturated carbocycles. The van der Waals surface area contributed by atoms with E-state index in [1.165, 1.54) is 0 Å². The Balaban J connectivity index is 3.90. The fourth-order valence-electron chi connectivity index (χ4n) is 1.05. The molecule has 0 unspecified atom stereocenters. The van der Waals surface area contributed by atoms with Crippen LogP contribution >= 0.6 is 0 Å². The molecular weight excluding hydrogens is 184 g/mol. The van der Waals surface area contributed by atoms with Crippen molar-refractivity contribution in [1.29, 1.82) is 0 Å². The van der Waals surface area contributed by atoms with Crippen molar-refractivity contribution in [3.8, 4) is 0 Å². The van der Waals surface area contributed by atoms with E-state index in [9.17, 15) is 9.59 Å². The molecule has 0 aliphatic rings. The molecule has 0 rings (SSSR count). The van der Waals surface area contributed by atoms with Gasteiger partial charge in [-0.1, -0.05) is 13.3 Å². The molecule has 1 amide bonds. The van der Waals surface area contributed by atoms with E-state index in [0.29, 0.717) is 19.4 Å². The molecule has 0 aromatic carbocycles. The summed E-state index contributed by atoms with van der Waals surface area (Å²) in [5.41, 5.74) is 0. The minimum Gasteiger partial charge on any atom is -0.480 e. The van der Waals surface area contributed by atoms with Gasteiger partial charge in [-0.3, -0.25) is 4.79 Å². The second kappa shape index (κ2) is 7.32. The molecular formula is C9H18N2O3. The van der Waals surface area contributed by atoms with Gasteiger partial charge in [0.2, 0.25) is 5.91 Å². The highest BCUT2D eigenvalue weighted by molar-refractivity contribution is 5.83. The molecule has 0 heterocycles. The second-order valence-electron chi connectivity index (χ2n) is 3.10. The zero-order valence-corrected chi connectivity index (χ0v) is 8.67. The van der Waals surface area contributed by atoms with E-state index < -0.39 is 12.0 Å². The molecule has 0 aliphatic carbocycles. The van der Waals surface area contributed by atoms with Crippen molar-refractivity contribution in [2.45, 2.75) is 32.2 Å². The van der Waals surface area contributed by atoms with E-state index >= 15 is 0 Å². The zero-order chi connectivity index (χ0) is 11.0. The highest BCUT2D eigenvalue weighted by Crippen LogP contribution is 1.97. The van der Waals surface area contributed by atoms with Crippen molar-refractivity contribution in [2.75, 3.05) is 13.6 Å². The maximum Gasteiger partial charge on any atom is 0.326 e. The molecule has 0 aromatic heterocycles. The van der Waals surface area contributed by atoms with Crippen LogP contribution in [0, 0.1) is 0 Å². The van der Waals surface area contributed by atoms with Gasteiger partial charge in [0.05, 0.1) is 0 Å². The number of hydrogen-bond donors (Lipinski definition) is 3. The largest absolute Gasteiger partial charge is 0.480 e. The molecule has 0 spiro atoms. The number of rotatable bonds is 7. The first-order chi connectivity index (χ1) is 6.61. The molecule has 0 aromatic rings. The van der Waals surface area contributed by atoms with Gasteiger partial charge in [0.15, 0.2) is 0 Å². The van der Waals surface area contributed by atoms with Gasteiger partial charge in [-0.05, 0) is 13.5 Å². The summed E-state index contributed by atoms with van der Waals surface area (Å²) in [4.78, 5) is 21.8. The van der Waals surface area contributed by atoms with Crippen molar-refractivity contribution >= 4 is 11.9 Å². The number of nitrogens with one attached hydrogen (secondary N) is 2. The van der Waals surface area contributed by atoms with Gasteiger partial charge in [-0.15, -0.1) is 0 Å². The predicted molar refractivity (Wildman–Crippen MR) is 53.0 cm³/mol. The Labute approximate surface area is 83.9 Å². The van der Waals surface area contributed by atoms with Gasteiger partial charge in [0.1, 0.15) is 6.04 Å². The highest BCUT2D eigenvalue weighted by atomic mass is 16.4. The number of carbonyl (C=O) groups excluding carboxylic acids is 1. The van der Waals surface area contributed by atoms with Crippen molar-refractivity contribution in [3.05, 3.63) is 0 Å². The molecule has 5 nitrogen and oxygen atoms in total. The van der Waals surface area contributed by atoms with Gasteiger partial charge in [0.25, 0.3) is 0 Å². The van der Waals surface area contributed by atoms with Crippen LogP contribution in [-0.2, 0) is 9.59 Å². The lowest BCUT2D eigenvalue weighted by molar-refractivity contribution is -0.142. The fourth-order valence-corrected chi connectivity index (χ4v) is 1.05.